The molecule has 2 aliphatic carbocycles. The number of esters is 2. The van der Waals surface area contributed by atoms with E-state index in [2.05, 4.69) is 188 Å². The molecule has 0 saturated carbocycles. The van der Waals surface area contributed by atoms with Crippen molar-refractivity contribution >= 4 is 105 Å². The van der Waals surface area contributed by atoms with Gasteiger partial charge in [0.25, 0.3) is 0 Å². The number of ether oxygens (including phenoxy) is 2. The van der Waals surface area contributed by atoms with Crippen molar-refractivity contribution in [1.29, 1.82) is 0 Å². The number of carboxylic acid groups (broad SMARTS) is 1. The van der Waals surface area contributed by atoms with Crippen LogP contribution in [0, 0.1) is 92.9 Å². The number of benzene rings is 10. The average molecular weight is 1710 g/mol. The van der Waals surface area contributed by atoms with Gasteiger partial charge in [0.05, 0.1) is 17.7 Å². The summed E-state index contributed by atoms with van der Waals surface area (Å²) in [7, 11) is 0. The monoisotopic (exact) mass is 1700 g/mol. The summed E-state index contributed by atoms with van der Waals surface area (Å²) in [4.78, 5) is 67.5. The minimum atomic E-state index is -0.717. The third kappa shape index (κ3) is 32.2. The Labute approximate surface area is 691 Å². The van der Waals surface area contributed by atoms with Gasteiger partial charge in [-0.3, -0.25) is 24.0 Å². The second-order valence-corrected chi connectivity index (χ2v) is 34.7. The topological polar surface area (TPSA) is 182 Å². The Bertz CT molecular complexity index is 4870. The van der Waals surface area contributed by atoms with Crippen LogP contribution < -0.4 is 0 Å². The first-order chi connectivity index (χ1) is 52.8. The van der Waals surface area contributed by atoms with Gasteiger partial charge < -0.3 is 24.8 Å². The van der Waals surface area contributed by atoms with Crippen LogP contribution in [0.3, 0.4) is 0 Å². The molecule has 11 nitrogen and oxygen atoms in total. The maximum absolute atomic E-state index is 12.2. The largest absolute Gasteiger partial charge is 0.507 e. The second-order valence-electron chi connectivity index (χ2n) is 30.4. The molecule has 0 spiro atoms. The molecule has 0 fully saturated rings. The minimum Gasteiger partial charge on any atom is -0.507 e. The van der Waals surface area contributed by atoms with Crippen LogP contribution in [-0.4, -0.2) is 67.0 Å². The number of hydrogen-bond donors (Lipinski definition) is 3. The number of aryl methyl sites for hydroxylation is 10. The molecule has 3 N–H and O–H groups in total. The summed E-state index contributed by atoms with van der Waals surface area (Å²) in [6.45, 7) is 36.8. The SMILES string of the molecule is CC(=O)Cc1cccc(C)c1.CCOC(=O)C=C(C)Cc1cccc(C)c1.CCOC(=O)CC(C)Cc1cccc(C)c1.Cc1ccc2c(O)c(Br)c(C)cc2c1.Cc1ccc2c(O)cc(C)cc2c1.Cc1ccc2c(c1)CC(C)C(Br)(Br)C2=O.Cc1ccc2c(c1)CC(C)CC2=O.Cc1cccc(CC(C)CC(=O)O)c1. The molecule has 0 aromatic heterocycles. The van der Waals surface area contributed by atoms with E-state index in [0.29, 0.717) is 55.2 Å². The molecule has 0 aliphatic heterocycles. The van der Waals surface area contributed by atoms with Gasteiger partial charge in [-0.25, -0.2) is 4.79 Å². The summed E-state index contributed by atoms with van der Waals surface area (Å²) in [6, 6.07) is 63.1. The first kappa shape index (κ1) is 93.5. The number of phenols is 2. The number of aliphatic carboxylic acids is 1. The normalized spacial score (nSPS) is 14.1. The molecule has 10 aromatic carbocycles. The van der Waals surface area contributed by atoms with Gasteiger partial charge in [0, 0.05) is 53.7 Å². The van der Waals surface area contributed by atoms with Gasteiger partial charge in [0.2, 0.25) is 0 Å². The molecule has 112 heavy (non-hydrogen) atoms. The van der Waals surface area contributed by atoms with Crippen LogP contribution in [0.5, 0.6) is 11.5 Å². The molecule has 594 valence electrons. The third-order valence-electron chi connectivity index (χ3n) is 18.7. The van der Waals surface area contributed by atoms with Crippen LogP contribution in [0.2, 0.25) is 0 Å². The molecule has 14 heteroatoms. The van der Waals surface area contributed by atoms with E-state index < -0.39 is 9.20 Å². The van der Waals surface area contributed by atoms with E-state index >= 15 is 0 Å². The number of alkyl halides is 2. The zero-order valence-electron chi connectivity index (χ0n) is 68.8. The Morgan fingerprint density at radius 1 is 0.500 bits per heavy atom. The lowest BCUT2D eigenvalue weighted by Gasteiger charge is -2.32. The standard InChI is InChI=1S/C14H20O2.C14H18O2.C12H12Br2O.C12H11BrO.C12H16O2.C12H14O.C12H12O.C10H12O/c2*1-4-16-14(15)10-12(3)9-13-7-5-6-11(2)8-13;1-7-3-4-10-9(5-7)6-8(2)12(13,14)11(10)15;1-7-3-4-10-9(5-7)6-8(2)11(13)12(10)14;1-9-4-3-5-11(6-9)7-10(2)8-12(13)14;2*1-8-3-4-11-10(5-8)6-9(2)7-12(11)13;1-8-4-3-5-10(6-8)7-9(2)11/h5-8,12H,4,9-10H2,1-3H3;5-8,10H,4,9H2,1-3H3;3-5,8H,6H2,1-2H3;3-6,14H,1-2H3;3-6,10H,7-8H2,1-2H3,(H,13,14);3-5,9H,6-7H2,1-2H3;3-7,13H,1-2H3;3-6H,7H2,1-2H3. The van der Waals surface area contributed by atoms with Gasteiger partial charge in [-0.1, -0.05) is 292 Å². The Balaban J connectivity index is 0.000000229. The van der Waals surface area contributed by atoms with Crippen LogP contribution in [0.15, 0.2) is 204 Å². The molecule has 0 heterocycles. The zero-order valence-corrected chi connectivity index (χ0v) is 73.6. The van der Waals surface area contributed by atoms with E-state index in [-0.39, 0.29) is 41.8 Å². The number of allylic oxidation sites excluding steroid dienone is 1. The van der Waals surface area contributed by atoms with Crippen LogP contribution >= 0.6 is 47.8 Å². The summed E-state index contributed by atoms with van der Waals surface area (Å²) in [5, 5.41) is 32.2. The smallest absolute Gasteiger partial charge is 0.330 e. The molecular weight excluding hydrogens is 1590 g/mol. The summed E-state index contributed by atoms with van der Waals surface area (Å²) < 4.78 is 10.00. The second kappa shape index (κ2) is 46.2. The highest BCUT2D eigenvalue weighted by Gasteiger charge is 2.43. The molecule has 0 saturated heterocycles. The van der Waals surface area contributed by atoms with Gasteiger partial charge in [-0.05, 0) is 230 Å². The fourth-order valence-corrected chi connectivity index (χ4v) is 14.4. The van der Waals surface area contributed by atoms with Crippen LogP contribution in [0.4, 0.5) is 0 Å². The maximum Gasteiger partial charge on any atom is 0.330 e. The fourth-order valence-electron chi connectivity index (χ4n) is 13.4. The number of phenolic OH excluding ortho intramolecular Hbond substituents is 2. The number of carbonyl (C=O) groups excluding carboxylic acids is 5. The Morgan fingerprint density at radius 2 is 0.929 bits per heavy atom. The van der Waals surface area contributed by atoms with E-state index in [4.69, 9.17) is 14.6 Å². The van der Waals surface area contributed by atoms with Crippen LogP contribution in [0.1, 0.15) is 184 Å². The van der Waals surface area contributed by atoms with Crippen molar-refractivity contribution in [1.82, 2.24) is 0 Å². The van der Waals surface area contributed by atoms with Crippen LogP contribution in [0.25, 0.3) is 21.5 Å². The molecule has 0 bridgehead atoms. The number of aromatic hydroxyl groups is 2. The fraction of sp³-hybridized carbons (Fsp3) is 0.347. The van der Waals surface area contributed by atoms with Gasteiger partial charge in [0.1, 0.15) is 20.5 Å². The highest BCUT2D eigenvalue weighted by Crippen LogP contribution is 2.44. The summed E-state index contributed by atoms with van der Waals surface area (Å²) in [5.41, 5.74) is 22.0. The number of carboxylic acids is 1. The lowest BCUT2D eigenvalue weighted by Crippen LogP contribution is -2.38. The third-order valence-corrected chi connectivity index (χ3v) is 21.9. The van der Waals surface area contributed by atoms with Gasteiger partial charge in [-0.15, -0.1) is 0 Å². The lowest BCUT2D eigenvalue weighted by molar-refractivity contribution is -0.144. The van der Waals surface area contributed by atoms with Gasteiger partial charge in [-0.2, -0.15) is 0 Å². The van der Waals surface area contributed by atoms with Crippen molar-refractivity contribution in [3.8, 4) is 11.5 Å². The Morgan fingerprint density at radius 3 is 1.43 bits per heavy atom. The van der Waals surface area contributed by atoms with Crippen molar-refractivity contribution < 1.29 is 53.6 Å². The van der Waals surface area contributed by atoms with Crippen molar-refractivity contribution in [2.45, 2.75) is 186 Å². The summed E-state index contributed by atoms with van der Waals surface area (Å²) >= 11 is 10.3. The molecule has 2 aliphatic rings. The number of carbonyl (C=O) groups is 6. The molecule has 0 radical (unpaired) electrons. The average Bonchev–Trinajstić information content (AvgIpc) is 0.771. The van der Waals surface area contributed by atoms with E-state index in [1.807, 2.05) is 159 Å². The summed E-state index contributed by atoms with van der Waals surface area (Å²) in [6.07, 6.45) is 8.14. The van der Waals surface area contributed by atoms with E-state index in [9.17, 15) is 39.0 Å². The number of fused-ring (bicyclic) bond motifs is 4. The van der Waals surface area contributed by atoms with E-state index in [1.165, 1.54) is 72.3 Å². The van der Waals surface area contributed by atoms with Crippen LogP contribution in [-0.2, 0) is 67.2 Å². The first-order valence-corrected chi connectivity index (χ1v) is 40.9. The molecule has 4 atom stereocenters. The zero-order chi connectivity index (χ0) is 83.1. The highest BCUT2D eigenvalue weighted by atomic mass is 79.9. The molecular formula is C98H115Br3O11. The van der Waals surface area contributed by atoms with Crippen molar-refractivity contribution in [2.75, 3.05) is 13.2 Å². The van der Waals surface area contributed by atoms with Gasteiger partial charge in [0.15, 0.2) is 11.6 Å². The lowest BCUT2D eigenvalue weighted by atomic mass is 9.83. The Kier molecular flexibility index (Phi) is 38.6. The Hall–Kier alpha value is -9.08. The quantitative estimate of drug-likeness (QED) is 0.0505. The first-order valence-electron chi connectivity index (χ1n) is 38.5. The molecule has 10 aromatic rings. The maximum atomic E-state index is 12.2. The summed E-state index contributed by atoms with van der Waals surface area (Å²) in [5.74, 6) is 1.62. The number of ketones is 3. The number of halogens is 3. The number of Topliss-reactive ketones (excluding diaryl/α,β-unsaturated/α-hetero) is 3. The van der Waals surface area contributed by atoms with E-state index in [1.54, 1.807) is 19.1 Å². The molecule has 4 unspecified atom stereocenters. The minimum absolute atomic E-state index is 0.0948. The number of hydrogen-bond acceptors (Lipinski definition) is 10. The van der Waals surface area contributed by atoms with E-state index in [0.717, 1.165) is 97.9 Å². The predicted molar refractivity (Wildman–Crippen MR) is 472 cm³/mol. The molecule has 0 amide bonds. The van der Waals surface area contributed by atoms with Crippen molar-refractivity contribution in [3.63, 3.8) is 0 Å². The predicted octanol–water partition coefficient (Wildman–Crippen LogP) is 24.7. The highest BCUT2D eigenvalue weighted by molar-refractivity contribution is 9.26. The van der Waals surface area contributed by atoms with Gasteiger partial charge >= 0.3 is 17.9 Å². The van der Waals surface area contributed by atoms with Crippen molar-refractivity contribution in [3.05, 3.63) is 304 Å². The molecule has 12 rings (SSSR count). The van der Waals surface area contributed by atoms with Crippen molar-refractivity contribution in [2.24, 2.45) is 23.7 Å². The number of rotatable bonds is 15.